The highest BCUT2D eigenvalue weighted by atomic mass is 79.9. The van der Waals surface area contributed by atoms with E-state index in [1.165, 1.54) is 7.11 Å². The molecule has 2 aromatic rings. The minimum atomic E-state index is -0.965. The van der Waals surface area contributed by atoms with Crippen LogP contribution in [0.4, 0.5) is 0 Å². The van der Waals surface area contributed by atoms with Gasteiger partial charge in [-0.05, 0) is 34.1 Å². The van der Waals surface area contributed by atoms with Gasteiger partial charge in [0.2, 0.25) is 0 Å². The van der Waals surface area contributed by atoms with E-state index >= 15 is 0 Å². The van der Waals surface area contributed by atoms with E-state index < -0.39 is 5.92 Å². The van der Waals surface area contributed by atoms with Crippen molar-refractivity contribution in [3.8, 4) is 11.8 Å². The van der Waals surface area contributed by atoms with E-state index in [4.69, 9.17) is 16.3 Å². The molecule has 2 rings (SSSR count). The maximum Gasteiger partial charge on any atom is 0.186 e. The first-order valence-corrected chi connectivity index (χ1v) is 7.28. The van der Waals surface area contributed by atoms with E-state index in [1.54, 1.807) is 42.5 Å². The standard InChI is InChI=1S/C16H11BrClNO2/c1-21-14-8-3-2-5-10(14)12(9-19)16(20)11-6-4-7-13(17)15(11)18/h2-8,12H,1H3. The van der Waals surface area contributed by atoms with Crippen LogP contribution in [0.5, 0.6) is 5.75 Å². The first-order chi connectivity index (χ1) is 10.1. The van der Waals surface area contributed by atoms with Crippen LogP contribution in [0.25, 0.3) is 0 Å². The second-order valence-corrected chi connectivity index (χ2v) is 5.50. The van der Waals surface area contributed by atoms with Crippen molar-refractivity contribution in [2.75, 3.05) is 7.11 Å². The molecule has 1 unspecified atom stereocenters. The number of hydrogen-bond acceptors (Lipinski definition) is 3. The predicted octanol–water partition coefficient (Wildman–Crippen LogP) is 4.60. The summed E-state index contributed by atoms with van der Waals surface area (Å²) >= 11 is 9.42. The van der Waals surface area contributed by atoms with Crippen molar-refractivity contribution in [2.24, 2.45) is 0 Å². The van der Waals surface area contributed by atoms with Gasteiger partial charge in [-0.1, -0.05) is 35.9 Å². The molecular formula is C16H11BrClNO2. The van der Waals surface area contributed by atoms with E-state index in [0.29, 0.717) is 26.4 Å². The molecule has 0 saturated carbocycles. The normalized spacial score (nSPS) is 11.5. The monoisotopic (exact) mass is 363 g/mol. The summed E-state index contributed by atoms with van der Waals surface area (Å²) in [5.74, 6) is -0.815. The van der Waals surface area contributed by atoms with Crippen LogP contribution in [0.3, 0.4) is 0 Å². The summed E-state index contributed by atoms with van der Waals surface area (Å²) in [6.45, 7) is 0. The summed E-state index contributed by atoms with van der Waals surface area (Å²) in [6, 6.07) is 14.1. The van der Waals surface area contributed by atoms with Crippen LogP contribution >= 0.6 is 27.5 Å². The van der Waals surface area contributed by atoms with Gasteiger partial charge < -0.3 is 4.74 Å². The number of carbonyl (C=O) groups is 1. The van der Waals surface area contributed by atoms with E-state index in [2.05, 4.69) is 15.9 Å². The molecule has 21 heavy (non-hydrogen) atoms. The smallest absolute Gasteiger partial charge is 0.186 e. The van der Waals surface area contributed by atoms with Crippen LogP contribution in [-0.2, 0) is 0 Å². The first-order valence-electron chi connectivity index (χ1n) is 6.11. The molecule has 0 spiro atoms. The number of ether oxygens (including phenoxy) is 1. The Balaban J connectivity index is 2.49. The van der Waals surface area contributed by atoms with Gasteiger partial charge >= 0.3 is 0 Å². The zero-order valence-electron chi connectivity index (χ0n) is 11.1. The van der Waals surface area contributed by atoms with Crippen LogP contribution < -0.4 is 4.74 Å². The summed E-state index contributed by atoms with van der Waals surface area (Å²) in [5, 5.41) is 9.71. The second kappa shape index (κ2) is 6.75. The fourth-order valence-corrected chi connectivity index (χ4v) is 2.61. The summed E-state index contributed by atoms with van der Waals surface area (Å²) in [7, 11) is 1.50. The fourth-order valence-electron chi connectivity index (χ4n) is 2.02. The fraction of sp³-hybridized carbons (Fsp3) is 0.125. The zero-order valence-corrected chi connectivity index (χ0v) is 13.5. The van der Waals surface area contributed by atoms with Crippen molar-refractivity contribution >= 4 is 33.3 Å². The van der Waals surface area contributed by atoms with Crippen LogP contribution in [0.15, 0.2) is 46.9 Å². The number of hydrogen-bond donors (Lipinski definition) is 0. The van der Waals surface area contributed by atoms with Gasteiger partial charge in [-0.25, -0.2) is 0 Å². The molecule has 0 amide bonds. The van der Waals surface area contributed by atoms with Crippen molar-refractivity contribution < 1.29 is 9.53 Å². The first kappa shape index (κ1) is 15.6. The summed E-state index contributed by atoms with van der Waals surface area (Å²) in [6.07, 6.45) is 0. The van der Waals surface area contributed by atoms with Gasteiger partial charge in [0.25, 0.3) is 0 Å². The highest BCUT2D eigenvalue weighted by Gasteiger charge is 2.26. The Morgan fingerprint density at radius 1 is 1.29 bits per heavy atom. The number of halogens is 2. The molecule has 0 aliphatic rings. The molecule has 0 aliphatic heterocycles. The Morgan fingerprint density at radius 3 is 2.67 bits per heavy atom. The van der Waals surface area contributed by atoms with Gasteiger partial charge in [0.1, 0.15) is 11.7 Å². The lowest BCUT2D eigenvalue weighted by atomic mass is 9.91. The van der Waals surface area contributed by atoms with Crippen molar-refractivity contribution in [2.45, 2.75) is 5.92 Å². The predicted molar refractivity (Wildman–Crippen MR) is 84.8 cm³/mol. The molecule has 2 aromatic carbocycles. The molecule has 0 radical (unpaired) electrons. The van der Waals surface area contributed by atoms with Crippen LogP contribution in [0.1, 0.15) is 21.8 Å². The third-order valence-corrected chi connectivity index (χ3v) is 4.35. The highest BCUT2D eigenvalue weighted by molar-refractivity contribution is 9.10. The van der Waals surface area contributed by atoms with E-state index in [0.717, 1.165) is 0 Å². The molecule has 0 aromatic heterocycles. The topological polar surface area (TPSA) is 50.1 Å². The number of nitrogens with zero attached hydrogens (tertiary/aromatic N) is 1. The molecule has 0 saturated heterocycles. The molecule has 106 valence electrons. The molecule has 0 N–H and O–H groups in total. The lowest BCUT2D eigenvalue weighted by Gasteiger charge is -2.13. The number of carbonyl (C=O) groups excluding carboxylic acids is 1. The molecule has 0 bridgehead atoms. The molecule has 3 nitrogen and oxygen atoms in total. The summed E-state index contributed by atoms with van der Waals surface area (Å²) in [4.78, 5) is 12.6. The van der Waals surface area contributed by atoms with Crippen molar-refractivity contribution in [1.82, 2.24) is 0 Å². The summed E-state index contributed by atoms with van der Waals surface area (Å²) < 4.78 is 5.84. The van der Waals surface area contributed by atoms with Gasteiger partial charge in [-0.15, -0.1) is 0 Å². The highest BCUT2D eigenvalue weighted by Crippen LogP contribution is 2.33. The molecule has 0 aliphatic carbocycles. The third kappa shape index (κ3) is 3.10. The van der Waals surface area contributed by atoms with Gasteiger partial charge in [-0.3, -0.25) is 4.79 Å². The zero-order chi connectivity index (χ0) is 15.4. The van der Waals surface area contributed by atoms with Gasteiger partial charge in [-0.2, -0.15) is 5.26 Å². The molecule has 5 heteroatoms. The van der Waals surface area contributed by atoms with Crippen LogP contribution in [0, 0.1) is 11.3 Å². The number of ketones is 1. The van der Waals surface area contributed by atoms with Crippen LogP contribution in [-0.4, -0.2) is 12.9 Å². The van der Waals surface area contributed by atoms with E-state index in [9.17, 15) is 10.1 Å². The van der Waals surface area contributed by atoms with E-state index in [1.807, 2.05) is 6.07 Å². The van der Waals surface area contributed by atoms with Gasteiger partial charge in [0, 0.05) is 15.6 Å². The molecule has 0 heterocycles. The lowest BCUT2D eigenvalue weighted by molar-refractivity contribution is 0.0978. The minimum absolute atomic E-state index is 0.303. The Hall–Kier alpha value is -1.83. The second-order valence-electron chi connectivity index (χ2n) is 4.27. The Bertz CT molecular complexity index is 724. The van der Waals surface area contributed by atoms with Crippen molar-refractivity contribution in [3.05, 3.63) is 63.1 Å². The third-order valence-electron chi connectivity index (χ3n) is 3.06. The number of nitriles is 1. The molecular weight excluding hydrogens is 354 g/mol. The summed E-state index contributed by atoms with van der Waals surface area (Å²) in [5.41, 5.74) is 0.840. The van der Waals surface area contributed by atoms with Gasteiger partial charge in [0.05, 0.1) is 18.2 Å². The Labute approximate surface area is 136 Å². The average Bonchev–Trinajstić information content (AvgIpc) is 2.51. The maximum atomic E-state index is 12.6. The average molecular weight is 365 g/mol. The number of methoxy groups -OCH3 is 1. The quantitative estimate of drug-likeness (QED) is 0.745. The van der Waals surface area contributed by atoms with Crippen molar-refractivity contribution in [1.29, 1.82) is 5.26 Å². The maximum absolute atomic E-state index is 12.6. The number of rotatable bonds is 4. The number of benzene rings is 2. The number of para-hydroxylation sites is 1. The molecule has 0 fully saturated rings. The Kier molecular flexibility index (Phi) is 5.00. The lowest BCUT2D eigenvalue weighted by Crippen LogP contribution is -2.13. The largest absolute Gasteiger partial charge is 0.496 e. The van der Waals surface area contributed by atoms with Crippen molar-refractivity contribution in [3.63, 3.8) is 0 Å². The minimum Gasteiger partial charge on any atom is -0.496 e. The molecule has 1 atom stereocenters. The van der Waals surface area contributed by atoms with Gasteiger partial charge in [0.15, 0.2) is 5.78 Å². The Morgan fingerprint density at radius 2 is 2.00 bits per heavy atom. The van der Waals surface area contributed by atoms with E-state index in [-0.39, 0.29) is 5.78 Å². The SMILES string of the molecule is COc1ccccc1C(C#N)C(=O)c1cccc(Br)c1Cl. The van der Waals surface area contributed by atoms with Crippen LogP contribution in [0.2, 0.25) is 5.02 Å². The number of Topliss-reactive ketones (excluding diaryl/α,β-unsaturated/α-hetero) is 1.